The normalized spacial score (nSPS) is 24.7. The molecule has 3 aromatic rings. The standard InChI is InChI=1S/C24H27F2N3O2/c1-4-31-21-13-29-20-10-15(16-9-14(2)23(30)28(3)12-16)5-6-19(20)27-22(29)17-7-8-24(25,26)11-18(17)21/h5-6,9-10,12,17-18,21H,4,7-8,11,13H2,1-3H3/t17?,18?,21-/m1/s1. The number of hydrogen-bond acceptors (Lipinski definition) is 3. The Morgan fingerprint density at radius 3 is 2.81 bits per heavy atom. The number of halogens is 2. The Kier molecular flexibility index (Phi) is 4.77. The van der Waals surface area contributed by atoms with Crippen molar-refractivity contribution in [2.24, 2.45) is 13.0 Å². The molecule has 0 N–H and O–H groups in total. The van der Waals surface area contributed by atoms with E-state index < -0.39 is 5.92 Å². The van der Waals surface area contributed by atoms with E-state index in [4.69, 9.17) is 9.72 Å². The smallest absolute Gasteiger partial charge is 0.253 e. The van der Waals surface area contributed by atoms with Gasteiger partial charge in [0.15, 0.2) is 0 Å². The molecule has 0 radical (unpaired) electrons. The van der Waals surface area contributed by atoms with Gasteiger partial charge in [0.1, 0.15) is 5.82 Å². The van der Waals surface area contributed by atoms with E-state index >= 15 is 0 Å². The molecule has 5 rings (SSSR count). The topological polar surface area (TPSA) is 49.1 Å². The Labute approximate surface area is 179 Å². The fraction of sp³-hybridized carbons (Fsp3) is 0.500. The van der Waals surface area contributed by atoms with Crippen LogP contribution in [0.25, 0.3) is 22.2 Å². The molecule has 0 bridgehead atoms. The fourth-order valence-electron chi connectivity index (χ4n) is 5.42. The quantitative estimate of drug-likeness (QED) is 0.612. The third kappa shape index (κ3) is 3.39. The van der Waals surface area contributed by atoms with Crippen molar-refractivity contribution in [1.82, 2.24) is 14.1 Å². The zero-order valence-electron chi connectivity index (χ0n) is 18.1. The van der Waals surface area contributed by atoms with Crippen LogP contribution in [-0.2, 0) is 18.3 Å². The molecule has 164 valence electrons. The molecule has 1 aromatic carbocycles. The summed E-state index contributed by atoms with van der Waals surface area (Å²) in [6.45, 7) is 4.77. The van der Waals surface area contributed by atoms with Gasteiger partial charge in [0.05, 0.1) is 23.7 Å². The number of pyridine rings is 1. The molecular formula is C24H27F2N3O2. The van der Waals surface area contributed by atoms with E-state index in [1.807, 2.05) is 38.2 Å². The van der Waals surface area contributed by atoms with Gasteiger partial charge in [0.25, 0.3) is 5.56 Å². The first-order chi connectivity index (χ1) is 14.8. The predicted molar refractivity (Wildman–Crippen MR) is 116 cm³/mol. The Morgan fingerprint density at radius 2 is 2.06 bits per heavy atom. The molecule has 0 amide bonds. The van der Waals surface area contributed by atoms with Gasteiger partial charge in [0, 0.05) is 50.1 Å². The molecule has 1 aliphatic carbocycles. The minimum absolute atomic E-state index is 0.00809. The number of hydrogen-bond donors (Lipinski definition) is 0. The number of benzene rings is 1. The maximum absolute atomic E-state index is 14.2. The third-order valence-corrected chi connectivity index (χ3v) is 6.90. The highest BCUT2D eigenvalue weighted by Gasteiger charge is 2.49. The number of aryl methyl sites for hydroxylation is 2. The van der Waals surface area contributed by atoms with Crippen LogP contribution in [0.2, 0.25) is 0 Å². The fourth-order valence-corrected chi connectivity index (χ4v) is 5.42. The lowest BCUT2D eigenvalue weighted by Gasteiger charge is -2.43. The Morgan fingerprint density at radius 1 is 1.26 bits per heavy atom. The lowest BCUT2D eigenvalue weighted by molar-refractivity contribution is -0.107. The summed E-state index contributed by atoms with van der Waals surface area (Å²) in [6, 6.07) is 7.98. The van der Waals surface area contributed by atoms with Crippen molar-refractivity contribution in [2.45, 2.75) is 57.6 Å². The summed E-state index contributed by atoms with van der Waals surface area (Å²) >= 11 is 0. The largest absolute Gasteiger partial charge is 0.376 e. The van der Waals surface area contributed by atoms with Crippen LogP contribution in [-0.4, -0.2) is 32.8 Å². The second-order valence-corrected chi connectivity index (χ2v) is 8.97. The molecule has 2 unspecified atom stereocenters. The van der Waals surface area contributed by atoms with Crippen molar-refractivity contribution < 1.29 is 13.5 Å². The average molecular weight is 427 g/mol. The number of aromatic nitrogens is 3. The van der Waals surface area contributed by atoms with Crippen LogP contribution < -0.4 is 5.56 Å². The van der Waals surface area contributed by atoms with E-state index in [0.29, 0.717) is 25.1 Å². The highest BCUT2D eigenvalue weighted by Crippen LogP contribution is 2.49. The first-order valence-corrected chi connectivity index (χ1v) is 10.9. The molecule has 0 saturated heterocycles. The van der Waals surface area contributed by atoms with Crippen molar-refractivity contribution in [3.05, 3.63) is 52.2 Å². The Balaban J connectivity index is 1.61. The van der Waals surface area contributed by atoms with Gasteiger partial charge in [-0.2, -0.15) is 0 Å². The van der Waals surface area contributed by atoms with Crippen LogP contribution >= 0.6 is 0 Å². The zero-order valence-corrected chi connectivity index (χ0v) is 18.1. The Hall–Kier alpha value is -2.54. The highest BCUT2D eigenvalue weighted by molar-refractivity contribution is 5.83. The van der Waals surface area contributed by atoms with E-state index in [1.54, 1.807) is 11.6 Å². The minimum Gasteiger partial charge on any atom is -0.376 e. The molecule has 1 aliphatic heterocycles. The molecule has 1 saturated carbocycles. The van der Waals surface area contributed by atoms with Crippen LogP contribution in [0.5, 0.6) is 0 Å². The summed E-state index contributed by atoms with van der Waals surface area (Å²) in [4.78, 5) is 16.9. The predicted octanol–water partition coefficient (Wildman–Crippen LogP) is 4.65. The first kappa shape index (κ1) is 20.4. The summed E-state index contributed by atoms with van der Waals surface area (Å²) in [7, 11) is 1.75. The number of imidazole rings is 1. The lowest BCUT2D eigenvalue weighted by Crippen LogP contribution is -2.45. The van der Waals surface area contributed by atoms with Gasteiger partial charge in [-0.3, -0.25) is 4.79 Å². The maximum atomic E-state index is 14.2. The van der Waals surface area contributed by atoms with Gasteiger partial charge in [-0.25, -0.2) is 13.8 Å². The van der Waals surface area contributed by atoms with E-state index in [2.05, 4.69) is 10.6 Å². The maximum Gasteiger partial charge on any atom is 0.253 e. The third-order valence-electron chi connectivity index (χ3n) is 6.90. The van der Waals surface area contributed by atoms with Crippen molar-refractivity contribution in [1.29, 1.82) is 0 Å². The molecule has 7 heteroatoms. The average Bonchev–Trinajstić information content (AvgIpc) is 3.09. The minimum atomic E-state index is -2.63. The van der Waals surface area contributed by atoms with E-state index in [-0.39, 0.29) is 36.3 Å². The molecule has 1 fully saturated rings. The number of ether oxygens (including phenoxy) is 1. The highest BCUT2D eigenvalue weighted by atomic mass is 19.3. The molecule has 31 heavy (non-hydrogen) atoms. The van der Waals surface area contributed by atoms with Crippen molar-refractivity contribution in [3.8, 4) is 11.1 Å². The molecule has 5 nitrogen and oxygen atoms in total. The molecule has 2 aromatic heterocycles. The van der Waals surface area contributed by atoms with Crippen molar-refractivity contribution >= 4 is 11.0 Å². The van der Waals surface area contributed by atoms with Crippen LogP contribution in [0, 0.1) is 12.8 Å². The van der Waals surface area contributed by atoms with Crippen LogP contribution in [0.1, 0.15) is 43.5 Å². The monoisotopic (exact) mass is 427 g/mol. The summed E-state index contributed by atoms with van der Waals surface area (Å²) in [5.74, 6) is -1.95. The first-order valence-electron chi connectivity index (χ1n) is 10.9. The summed E-state index contributed by atoms with van der Waals surface area (Å²) in [6.07, 6.45) is 1.80. The van der Waals surface area contributed by atoms with Gasteiger partial charge in [-0.05, 0) is 49.6 Å². The molecular weight excluding hydrogens is 400 g/mol. The van der Waals surface area contributed by atoms with Gasteiger partial charge >= 0.3 is 0 Å². The molecule has 3 heterocycles. The second-order valence-electron chi connectivity index (χ2n) is 8.97. The second kappa shape index (κ2) is 7.26. The van der Waals surface area contributed by atoms with Gasteiger partial charge in [-0.1, -0.05) is 6.07 Å². The SMILES string of the molecule is CCO[C@@H]1Cn2c(nc3ccc(-c4cc(C)c(=O)n(C)c4)cc32)C2CCC(F)(F)CC21. The van der Waals surface area contributed by atoms with Gasteiger partial charge in [0.2, 0.25) is 5.92 Å². The van der Waals surface area contributed by atoms with Gasteiger partial charge < -0.3 is 13.9 Å². The number of alkyl halides is 2. The zero-order chi connectivity index (χ0) is 21.9. The van der Waals surface area contributed by atoms with E-state index in [1.165, 1.54) is 0 Å². The van der Waals surface area contributed by atoms with Gasteiger partial charge in [-0.15, -0.1) is 0 Å². The van der Waals surface area contributed by atoms with Crippen LogP contribution in [0.4, 0.5) is 8.78 Å². The number of fused-ring (bicyclic) bond motifs is 5. The lowest BCUT2D eigenvalue weighted by atomic mass is 9.72. The number of nitrogens with zero attached hydrogens (tertiary/aromatic N) is 3. The summed E-state index contributed by atoms with van der Waals surface area (Å²) < 4.78 is 38.1. The van der Waals surface area contributed by atoms with Crippen molar-refractivity contribution in [2.75, 3.05) is 6.61 Å². The van der Waals surface area contributed by atoms with Crippen LogP contribution in [0.3, 0.4) is 0 Å². The summed E-state index contributed by atoms with van der Waals surface area (Å²) in [5, 5.41) is 0. The van der Waals surface area contributed by atoms with E-state index in [9.17, 15) is 13.6 Å². The van der Waals surface area contributed by atoms with Crippen molar-refractivity contribution in [3.63, 3.8) is 0 Å². The number of rotatable bonds is 3. The molecule has 0 spiro atoms. The Bertz CT molecular complexity index is 1190. The summed E-state index contributed by atoms with van der Waals surface area (Å²) in [5.41, 5.74) is 4.50. The molecule has 2 aliphatic rings. The van der Waals surface area contributed by atoms with Crippen LogP contribution in [0.15, 0.2) is 35.3 Å². The van der Waals surface area contributed by atoms with E-state index in [0.717, 1.165) is 28.0 Å². The molecule has 3 atom stereocenters.